The van der Waals surface area contributed by atoms with Crippen LogP contribution in [0.1, 0.15) is 62.9 Å². The molecule has 1 aliphatic rings. The third-order valence-electron chi connectivity index (χ3n) is 4.25. The third kappa shape index (κ3) is 2.92. The molecule has 2 atom stereocenters. The minimum atomic E-state index is 0.456. The number of hydrogen-bond donors (Lipinski definition) is 1. The summed E-state index contributed by atoms with van der Waals surface area (Å²) < 4.78 is 0. The molecule has 0 saturated heterocycles. The van der Waals surface area contributed by atoms with E-state index < -0.39 is 0 Å². The summed E-state index contributed by atoms with van der Waals surface area (Å²) in [5.74, 6) is 0. The molecular formula is C15H25NS. The molecule has 1 saturated carbocycles. The van der Waals surface area contributed by atoms with E-state index in [4.69, 9.17) is 0 Å². The standard InChI is InChI=1S/C15H25NS/c1-11-8-10-17-14(11)12(2)16-13-7-5-6-9-15(13,3)4/h8,10,12-13,16H,5-7,9H2,1-4H3. The average molecular weight is 251 g/mol. The van der Waals surface area contributed by atoms with Gasteiger partial charge in [-0.05, 0) is 49.1 Å². The fraction of sp³-hybridized carbons (Fsp3) is 0.733. The van der Waals surface area contributed by atoms with E-state index in [1.165, 1.54) is 36.1 Å². The first-order valence-corrected chi connectivity index (χ1v) is 7.69. The molecule has 2 unspecified atom stereocenters. The van der Waals surface area contributed by atoms with Crippen molar-refractivity contribution >= 4 is 11.3 Å². The second-order valence-electron chi connectivity index (χ2n) is 6.14. The molecule has 1 heterocycles. The van der Waals surface area contributed by atoms with Gasteiger partial charge in [-0.25, -0.2) is 0 Å². The molecule has 2 rings (SSSR count). The van der Waals surface area contributed by atoms with Gasteiger partial charge in [0.25, 0.3) is 0 Å². The van der Waals surface area contributed by atoms with Crippen LogP contribution in [0.3, 0.4) is 0 Å². The summed E-state index contributed by atoms with van der Waals surface area (Å²) in [4.78, 5) is 1.51. The lowest BCUT2D eigenvalue weighted by Gasteiger charge is -2.40. The number of aryl methyl sites for hydroxylation is 1. The first kappa shape index (κ1) is 13.1. The molecule has 0 amide bonds. The Kier molecular flexibility index (Phi) is 3.94. The van der Waals surface area contributed by atoms with Gasteiger partial charge in [0.2, 0.25) is 0 Å². The van der Waals surface area contributed by atoms with Gasteiger partial charge < -0.3 is 5.32 Å². The highest BCUT2D eigenvalue weighted by atomic mass is 32.1. The minimum absolute atomic E-state index is 0.456. The van der Waals surface area contributed by atoms with Gasteiger partial charge >= 0.3 is 0 Å². The van der Waals surface area contributed by atoms with Gasteiger partial charge in [0.1, 0.15) is 0 Å². The Morgan fingerprint density at radius 1 is 1.41 bits per heavy atom. The summed E-state index contributed by atoms with van der Waals surface area (Å²) >= 11 is 1.88. The predicted octanol–water partition coefficient (Wildman–Crippen LogP) is 4.68. The van der Waals surface area contributed by atoms with Crippen molar-refractivity contribution < 1.29 is 0 Å². The summed E-state index contributed by atoms with van der Waals surface area (Å²) in [6.45, 7) is 9.36. The van der Waals surface area contributed by atoms with E-state index >= 15 is 0 Å². The van der Waals surface area contributed by atoms with E-state index in [2.05, 4.69) is 44.5 Å². The molecule has 0 bridgehead atoms. The van der Waals surface area contributed by atoms with Gasteiger partial charge in [0.05, 0.1) is 0 Å². The molecule has 96 valence electrons. The SMILES string of the molecule is Cc1ccsc1C(C)NC1CCCCC1(C)C. The predicted molar refractivity (Wildman–Crippen MR) is 76.6 cm³/mol. The maximum Gasteiger partial charge on any atom is 0.0391 e. The zero-order valence-corrected chi connectivity index (χ0v) is 12.4. The molecule has 0 spiro atoms. The molecule has 1 nitrogen and oxygen atoms in total. The van der Waals surface area contributed by atoms with Crippen LogP contribution in [0.5, 0.6) is 0 Å². The lowest BCUT2D eigenvalue weighted by Crippen LogP contribution is -2.45. The zero-order chi connectivity index (χ0) is 12.5. The Bertz CT molecular complexity index is 367. The monoisotopic (exact) mass is 251 g/mol. The topological polar surface area (TPSA) is 12.0 Å². The molecule has 1 aliphatic carbocycles. The Morgan fingerprint density at radius 2 is 2.18 bits per heavy atom. The first-order chi connectivity index (χ1) is 8.00. The summed E-state index contributed by atoms with van der Waals surface area (Å²) in [5.41, 5.74) is 1.89. The van der Waals surface area contributed by atoms with Gasteiger partial charge in [0, 0.05) is 17.0 Å². The number of thiophene rings is 1. The van der Waals surface area contributed by atoms with Crippen LogP contribution in [0.25, 0.3) is 0 Å². The second kappa shape index (κ2) is 5.11. The zero-order valence-electron chi connectivity index (χ0n) is 11.5. The van der Waals surface area contributed by atoms with E-state index in [1.807, 2.05) is 11.3 Å². The van der Waals surface area contributed by atoms with Crippen LogP contribution in [-0.2, 0) is 0 Å². The van der Waals surface area contributed by atoms with Crippen LogP contribution in [0.4, 0.5) is 0 Å². The highest BCUT2D eigenvalue weighted by molar-refractivity contribution is 7.10. The molecule has 17 heavy (non-hydrogen) atoms. The van der Waals surface area contributed by atoms with Crippen LogP contribution in [0.15, 0.2) is 11.4 Å². The molecule has 0 aromatic carbocycles. The van der Waals surface area contributed by atoms with Crippen molar-refractivity contribution in [2.75, 3.05) is 0 Å². The third-order valence-corrected chi connectivity index (χ3v) is 5.46. The summed E-state index contributed by atoms with van der Waals surface area (Å²) in [5, 5.41) is 6.07. The van der Waals surface area contributed by atoms with Crippen LogP contribution >= 0.6 is 11.3 Å². The van der Waals surface area contributed by atoms with Crippen molar-refractivity contribution in [2.24, 2.45) is 5.41 Å². The lowest BCUT2D eigenvalue weighted by atomic mass is 9.73. The van der Waals surface area contributed by atoms with Crippen molar-refractivity contribution in [1.82, 2.24) is 5.32 Å². The molecule has 1 fully saturated rings. The van der Waals surface area contributed by atoms with E-state index in [-0.39, 0.29) is 0 Å². The summed E-state index contributed by atoms with van der Waals surface area (Å²) in [7, 11) is 0. The van der Waals surface area contributed by atoms with Crippen LogP contribution < -0.4 is 5.32 Å². The Labute approximate surface area is 110 Å². The van der Waals surface area contributed by atoms with E-state index in [9.17, 15) is 0 Å². The lowest BCUT2D eigenvalue weighted by molar-refractivity contribution is 0.158. The minimum Gasteiger partial charge on any atom is -0.306 e. The van der Waals surface area contributed by atoms with Gasteiger partial charge in [-0.3, -0.25) is 0 Å². The van der Waals surface area contributed by atoms with Gasteiger partial charge in [-0.1, -0.05) is 26.7 Å². The van der Waals surface area contributed by atoms with Gasteiger partial charge in [-0.2, -0.15) is 0 Å². The molecule has 1 N–H and O–H groups in total. The summed E-state index contributed by atoms with van der Waals surface area (Å²) in [6.07, 6.45) is 5.48. The molecule has 0 aliphatic heterocycles. The average Bonchev–Trinajstić information content (AvgIpc) is 2.67. The normalized spacial score (nSPS) is 25.8. The Balaban J connectivity index is 2.03. The second-order valence-corrected chi connectivity index (χ2v) is 7.09. The first-order valence-electron chi connectivity index (χ1n) is 6.81. The Morgan fingerprint density at radius 3 is 2.76 bits per heavy atom. The quantitative estimate of drug-likeness (QED) is 0.822. The molecule has 2 heteroatoms. The smallest absolute Gasteiger partial charge is 0.0391 e. The highest BCUT2D eigenvalue weighted by Gasteiger charge is 2.33. The molecular weight excluding hydrogens is 226 g/mol. The van der Waals surface area contributed by atoms with Gasteiger partial charge in [0.15, 0.2) is 0 Å². The van der Waals surface area contributed by atoms with Crippen molar-refractivity contribution in [1.29, 1.82) is 0 Å². The van der Waals surface area contributed by atoms with Crippen LogP contribution in [0.2, 0.25) is 0 Å². The van der Waals surface area contributed by atoms with E-state index in [0.29, 0.717) is 17.5 Å². The fourth-order valence-corrected chi connectivity index (χ4v) is 3.95. The van der Waals surface area contributed by atoms with Crippen LogP contribution in [0, 0.1) is 12.3 Å². The number of rotatable bonds is 3. The van der Waals surface area contributed by atoms with Crippen molar-refractivity contribution in [3.05, 3.63) is 21.9 Å². The molecule has 0 radical (unpaired) electrons. The van der Waals surface area contributed by atoms with Crippen molar-refractivity contribution in [3.8, 4) is 0 Å². The van der Waals surface area contributed by atoms with E-state index in [1.54, 1.807) is 0 Å². The molecule has 1 aromatic heterocycles. The number of hydrogen-bond acceptors (Lipinski definition) is 2. The highest BCUT2D eigenvalue weighted by Crippen LogP contribution is 2.37. The van der Waals surface area contributed by atoms with Crippen LogP contribution in [-0.4, -0.2) is 6.04 Å². The fourth-order valence-electron chi connectivity index (χ4n) is 3.01. The van der Waals surface area contributed by atoms with Crippen molar-refractivity contribution in [3.63, 3.8) is 0 Å². The van der Waals surface area contributed by atoms with Gasteiger partial charge in [-0.15, -0.1) is 11.3 Å². The largest absolute Gasteiger partial charge is 0.306 e. The Hall–Kier alpha value is -0.340. The maximum atomic E-state index is 3.86. The molecule has 1 aromatic rings. The number of nitrogens with one attached hydrogen (secondary N) is 1. The summed E-state index contributed by atoms with van der Waals surface area (Å²) in [6, 6.07) is 3.40. The van der Waals surface area contributed by atoms with Crippen molar-refractivity contribution in [2.45, 2.75) is 65.5 Å². The van der Waals surface area contributed by atoms with E-state index in [0.717, 1.165) is 0 Å². The maximum absolute atomic E-state index is 3.86.